The molecule has 0 bridgehead atoms. The first-order chi connectivity index (χ1) is 7.44. The van der Waals surface area contributed by atoms with Crippen LogP contribution in [0, 0.1) is 0 Å². The summed E-state index contributed by atoms with van der Waals surface area (Å²) in [7, 11) is 0. The zero-order chi connectivity index (χ0) is 11.9. The second kappa shape index (κ2) is 3.69. The molecule has 0 unspecified atom stereocenters. The number of halogens is 3. The quantitative estimate of drug-likeness (QED) is 0.875. The molecule has 88 valence electrons. The van der Waals surface area contributed by atoms with Crippen LogP contribution in [0.1, 0.15) is 28.2 Å². The highest BCUT2D eigenvalue weighted by atomic mass is 32.2. The number of hydrogen-bond acceptors (Lipinski definition) is 3. The van der Waals surface area contributed by atoms with Crippen molar-refractivity contribution in [1.29, 1.82) is 0 Å². The Morgan fingerprint density at radius 1 is 1.56 bits per heavy atom. The number of nitrogens with zero attached hydrogens (tertiary/aromatic N) is 2. The summed E-state index contributed by atoms with van der Waals surface area (Å²) >= 11 is -0.369. The molecular weight excluding hydrogens is 245 g/mol. The van der Waals surface area contributed by atoms with Gasteiger partial charge in [0.2, 0.25) is 0 Å². The Labute approximate surface area is 92.9 Å². The maximum Gasteiger partial charge on any atom is 0.356 e. The van der Waals surface area contributed by atoms with Crippen molar-refractivity contribution in [2.24, 2.45) is 0 Å². The molecule has 0 saturated heterocycles. The molecule has 1 aliphatic carbocycles. The van der Waals surface area contributed by atoms with Gasteiger partial charge >= 0.3 is 5.97 Å². The van der Waals surface area contributed by atoms with Crippen molar-refractivity contribution in [2.45, 2.75) is 25.2 Å². The molecule has 0 spiro atoms. The summed E-state index contributed by atoms with van der Waals surface area (Å²) in [5.74, 6) is -4.25. The van der Waals surface area contributed by atoms with E-state index < -0.39 is 24.7 Å². The maximum absolute atomic E-state index is 13.1. The third kappa shape index (κ3) is 1.77. The number of carboxylic acids is 1. The highest BCUT2D eigenvalue weighted by molar-refractivity contribution is 7.92. The van der Waals surface area contributed by atoms with Crippen LogP contribution >= 0.6 is 12.3 Å². The lowest BCUT2D eigenvalue weighted by Crippen LogP contribution is -2.27. The summed E-state index contributed by atoms with van der Waals surface area (Å²) in [6.07, 6.45) is -1.19. The molecule has 0 saturated carbocycles. The van der Waals surface area contributed by atoms with Crippen molar-refractivity contribution in [2.75, 3.05) is 0 Å². The van der Waals surface area contributed by atoms with Gasteiger partial charge in [0.1, 0.15) is 0 Å². The second-order valence-electron chi connectivity index (χ2n) is 3.55. The SMILES string of the molecule is O=C(O)c1nn(SF)c2c1CCC(F)(F)C2. The van der Waals surface area contributed by atoms with E-state index in [4.69, 9.17) is 5.11 Å². The predicted molar refractivity (Wildman–Crippen MR) is 50.3 cm³/mol. The van der Waals surface area contributed by atoms with Crippen molar-refractivity contribution < 1.29 is 22.6 Å². The molecule has 1 aromatic rings. The topological polar surface area (TPSA) is 55.1 Å². The fraction of sp³-hybridized carbons (Fsp3) is 0.500. The van der Waals surface area contributed by atoms with E-state index in [1.165, 1.54) is 0 Å². The molecule has 1 aliphatic rings. The molecule has 2 rings (SSSR count). The average Bonchev–Trinajstić information content (AvgIpc) is 2.54. The van der Waals surface area contributed by atoms with Gasteiger partial charge in [0.15, 0.2) is 18.0 Å². The van der Waals surface area contributed by atoms with Crippen LogP contribution in [-0.4, -0.2) is 26.2 Å². The lowest BCUT2D eigenvalue weighted by Gasteiger charge is -2.21. The van der Waals surface area contributed by atoms with Crippen LogP contribution in [0.5, 0.6) is 0 Å². The Balaban J connectivity index is 2.50. The number of alkyl halides is 2. The van der Waals surface area contributed by atoms with E-state index in [9.17, 15) is 17.5 Å². The summed E-state index contributed by atoms with van der Waals surface area (Å²) in [6, 6.07) is 0. The molecule has 1 heterocycles. The fourth-order valence-corrected chi connectivity index (χ4v) is 2.14. The van der Waals surface area contributed by atoms with Crippen LogP contribution < -0.4 is 0 Å². The molecule has 0 aromatic carbocycles. The van der Waals surface area contributed by atoms with Crippen LogP contribution in [0.2, 0.25) is 0 Å². The summed E-state index contributed by atoms with van der Waals surface area (Å²) in [4.78, 5) is 10.8. The summed E-state index contributed by atoms with van der Waals surface area (Å²) in [5, 5.41) is 12.2. The van der Waals surface area contributed by atoms with Gasteiger partial charge in [0, 0.05) is 12.0 Å². The Hall–Kier alpha value is -1.18. The van der Waals surface area contributed by atoms with E-state index in [1.54, 1.807) is 0 Å². The number of rotatable bonds is 2. The van der Waals surface area contributed by atoms with Crippen LogP contribution in [0.25, 0.3) is 0 Å². The van der Waals surface area contributed by atoms with Crippen molar-refractivity contribution >= 4 is 18.3 Å². The van der Waals surface area contributed by atoms with Crippen LogP contribution in [0.4, 0.5) is 12.7 Å². The first-order valence-corrected chi connectivity index (χ1v) is 5.13. The van der Waals surface area contributed by atoms with E-state index in [2.05, 4.69) is 5.10 Å². The third-order valence-corrected chi connectivity index (χ3v) is 2.92. The number of aromatic nitrogens is 2. The molecule has 1 aromatic heterocycles. The van der Waals surface area contributed by atoms with E-state index in [1.807, 2.05) is 0 Å². The average molecular weight is 252 g/mol. The Kier molecular flexibility index (Phi) is 2.61. The van der Waals surface area contributed by atoms with E-state index in [0.29, 0.717) is 4.09 Å². The minimum atomic E-state index is -2.92. The molecule has 8 heteroatoms. The van der Waals surface area contributed by atoms with Gasteiger partial charge in [0.25, 0.3) is 5.92 Å². The van der Waals surface area contributed by atoms with Crippen LogP contribution in [0.3, 0.4) is 0 Å². The largest absolute Gasteiger partial charge is 0.476 e. The van der Waals surface area contributed by atoms with Gasteiger partial charge < -0.3 is 5.11 Å². The smallest absolute Gasteiger partial charge is 0.356 e. The fourth-order valence-electron chi connectivity index (χ4n) is 1.77. The van der Waals surface area contributed by atoms with Gasteiger partial charge in [-0.15, -0.1) is 3.89 Å². The first kappa shape index (κ1) is 11.3. The van der Waals surface area contributed by atoms with Gasteiger partial charge in [-0.1, -0.05) is 0 Å². The van der Waals surface area contributed by atoms with Crippen LogP contribution in [-0.2, 0) is 12.8 Å². The maximum atomic E-state index is 13.1. The molecule has 0 atom stereocenters. The number of aromatic carboxylic acids is 1. The first-order valence-electron chi connectivity index (χ1n) is 4.45. The van der Waals surface area contributed by atoms with Crippen LogP contribution in [0.15, 0.2) is 0 Å². The van der Waals surface area contributed by atoms with Gasteiger partial charge in [-0.05, 0) is 6.42 Å². The zero-order valence-electron chi connectivity index (χ0n) is 7.91. The lowest BCUT2D eigenvalue weighted by atomic mass is 9.93. The van der Waals surface area contributed by atoms with Gasteiger partial charge in [-0.2, -0.15) is 9.19 Å². The van der Waals surface area contributed by atoms with Gasteiger partial charge in [-0.3, -0.25) is 0 Å². The molecule has 0 aliphatic heterocycles. The normalized spacial score (nSPS) is 18.2. The van der Waals surface area contributed by atoms with Crippen molar-refractivity contribution in [3.05, 3.63) is 17.0 Å². The summed E-state index contributed by atoms with van der Waals surface area (Å²) in [5.41, 5.74) is -0.166. The Morgan fingerprint density at radius 2 is 2.25 bits per heavy atom. The highest BCUT2D eigenvalue weighted by Crippen LogP contribution is 2.35. The monoisotopic (exact) mass is 252 g/mol. The van der Waals surface area contributed by atoms with Crippen molar-refractivity contribution in [3.63, 3.8) is 0 Å². The Morgan fingerprint density at radius 3 is 2.81 bits per heavy atom. The molecule has 0 radical (unpaired) electrons. The molecule has 4 nitrogen and oxygen atoms in total. The number of hydrogen-bond donors (Lipinski definition) is 1. The molecule has 0 amide bonds. The summed E-state index contributed by atoms with van der Waals surface area (Å²) < 4.78 is 39.2. The van der Waals surface area contributed by atoms with Gasteiger partial charge in [-0.25, -0.2) is 13.6 Å². The minimum absolute atomic E-state index is 0.0406. The van der Waals surface area contributed by atoms with E-state index >= 15 is 0 Å². The molecule has 0 fully saturated rings. The highest BCUT2D eigenvalue weighted by Gasteiger charge is 2.39. The lowest BCUT2D eigenvalue weighted by molar-refractivity contribution is -0.0135. The van der Waals surface area contributed by atoms with E-state index in [0.717, 1.165) is 0 Å². The minimum Gasteiger partial charge on any atom is -0.476 e. The van der Waals surface area contributed by atoms with Crippen molar-refractivity contribution in [1.82, 2.24) is 9.19 Å². The molecule has 16 heavy (non-hydrogen) atoms. The Bertz CT molecular complexity index is 447. The zero-order valence-corrected chi connectivity index (χ0v) is 8.73. The number of carboxylic acid groups (broad SMARTS) is 1. The van der Waals surface area contributed by atoms with Gasteiger partial charge in [0.05, 0.1) is 12.1 Å². The molecule has 1 N–H and O–H groups in total. The number of carbonyl (C=O) groups is 1. The number of fused-ring (bicyclic) bond motifs is 1. The second-order valence-corrected chi connectivity index (χ2v) is 4.04. The van der Waals surface area contributed by atoms with E-state index in [-0.39, 0.29) is 35.7 Å². The predicted octanol–water partition coefficient (Wildman–Crippen LogP) is 2.09. The standard InChI is InChI=1S/C8H7F3N2O2S/c9-8(10)2-1-4-5(3-8)13(16-11)12-6(4)7(14)15/h1-3H2,(H,14,15). The summed E-state index contributed by atoms with van der Waals surface area (Å²) in [6.45, 7) is 0. The van der Waals surface area contributed by atoms with Crippen molar-refractivity contribution in [3.8, 4) is 0 Å². The molecular formula is C8H7F3N2O2S. The third-order valence-electron chi connectivity index (χ3n) is 2.49.